The van der Waals surface area contributed by atoms with E-state index in [-0.39, 0.29) is 0 Å². The van der Waals surface area contributed by atoms with Gasteiger partial charge in [0.2, 0.25) is 0 Å². The molecule has 4 heteroatoms. The Balaban J connectivity index is 4.07. The van der Waals surface area contributed by atoms with E-state index in [2.05, 4.69) is 27.7 Å². The van der Waals surface area contributed by atoms with Crippen molar-refractivity contribution in [2.75, 3.05) is 26.4 Å². The maximum absolute atomic E-state index is 6.10. The van der Waals surface area contributed by atoms with Crippen molar-refractivity contribution < 1.29 is 13.6 Å². The third-order valence-electron chi connectivity index (χ3n) is 2.87. The van der Waals surface area contributed by atoms with Crippen LogP contribution in [0.5, 0.6) is 0 Å². The van der Waals surface area contributed by atoms with Gasteiger partial charge in [0.1, 0.15) is 0 Å². The highest BCUT2D eigenvalue weighted by Crippen LogP contribution is 2.21. The summed E-state index contributed by atoms with van der Waals surface area (Å²) in [6, 6.07) is 2.11. The van der Waals surface area contributed by atoms with Gasteiger partial charge >= 0.3 is 8.56 Å². The van der Waals surface area contributed by atoms with Gasteiger partial charge in [-0.15, -0.1) is 0 Å². The van der Waals surface area contributed by atoms with E-state index in [1.54, 1.807) is 0 Å². The molecule has 0 radical (unpaired) electrons. The van der Waals surface area contributed by atoms with Crippen molar-refractivity contribution in [1.29, 1.82) is 0 Å². The second-order valence-corrected chi connectivity index (χ2v) is 8.28. The van der Waals surface area contributed by atoms with Crippen LogP contribution < -0.4 is 0 Å². The maximum atomic E-state index is 6.10. The lowest BCUT2D eigenvalue weighted by atomic mass is 10.5. The second-order valence-electron chi connectivity index (χ2n) is 4.68. The number of ether oxygens (including phenoxy) is 1. The van der Waals surface area contributed by atoms with Gasteiger partial charge in [-0.25, -0.2) is 0 Å². The summed E-state index contributed by atoms with van der Waals surface area (Å²) in [5.41, 5.74) is 0. The fourth-order valence-corrected chi connectivity index (χ4v) is 4.80. The standard InChI is InChI=1S/C14H32O3Si/c1-5-10-15-13-9-14-18(8-4,16-11-6-2)17-12-7-3/h5-14H2,1-4H3. The molecule has 0 aliphatic heterocycles. The van der Waals surface area contributed by atoms with Crippen molar-refractivity contribution in [3.05, 3.63) is 0 Å². The van der Waals surface area contributed by atoms with Crippen LogP contribution in [0.15, 0.2) is 0 Å². The van der Waals surface area contributed by atoms with Gasteiger partial charge in [0, 0.05) is 26.4 Å². The maximum Gasteiger partial charge on any atom is 0.337 e. The van der Waals surface area contributed by atoms with Gasteiger partial charge in [0.05, 0.1) is 0 Å². The quantitative estimate of drug-likeness (QED) is 0.374. The van der Waals surface area contributed by atoms with E-state index in [0.29, 0.717) is 0 Å². The van der Waals surface area contributed by atoms with Crippen LogP contribution in [0.25, 0.3) is 0 Å². The molecule has 0 aromatic carbocycles. The van der Waals surface area contributed by atoms with E-state index in [1.165, 1.54) is 0 Å². The molecule has 0 atom stereocenters. The van der Waals surface area contributed by atoms with Gasteiger partial charge in [0.25, 0.3) is 0 Å². The molecule has 0 heterocycles. The lowest BCUT2D eigenvalue weighted by Gasteiger charge is -2.29. The molecular formula is C14H32O3Si. The summed E-state index contributed by atoms with van der Waals surface area (Å²) in [5.74, 6) is 0. The Morgan fingerprint density at radius 2 is 1.28 bits per heavy atom. The molecule has 110 valence electrons. The zero-order valence-electron chi connectivity index (χ0n) is 12.8. The summed E-state index contributed by atoms with van der Waals surface area (Å²) < 4.78 is 17.7. The average Bonchev–Trinajstić information content (AvgIpc) is 2.41. The summed E-state index contributed by atoms with van der Waals surface area (Å²) >= 11 is 0. The summed E-state index contributed by atoms with van der Waals surface area (Å²) in [5, 5.41) is 0. The molecule has 0 aliphatic carbocycles. The van der Waals surface area contributed by atoms with Gasteiger partial charge in [-0.3, -0.25) is 0 Å². The molecule has 0 aromatic rings. The van der Waals surface area contributed by atoms with E-state index >= 15 is 0 Å². The first-order chi connectivity index (χ1) is 8.74. The fourth-order valence-electron chi connectivity index (χ4n) is 1.83. The van der Waals surface area contributed by atoms with Crippen LogP contribution >= 0.6 is 0 Å². The molecule has 0 saturated heterocycles. The first-order valence-electron chi connectivity index (χ1n) is 7.60. The average molecular weight is 276 g/mol. The largest absolute Gasteiger partial charge is 0.394 e. The van der Waals surface area contributed by atoms with E-state index in [0.717, 1.165) is 64.2 Å². The molecule has 0 N–H and O–H groups in total. The molecule has 0 aliphatic rings. The smallest absolute Gasteiger partial charge is 0.337 e. The Hall–Kier alpha value is 0.0969. The molecule has 18 heavy (non-hydrogen) atoms. The van der Waals surface area contributed by atoms with Crippen LogP contribution in [0.4, 0.5) is 0 Å². The van der Waals surface area contributed by atoms with Crippen molar-refractivity contribution in [3.63, 3.8) is 0 Å². The lowest BCUT2D eigenvalue weighted by Crippen LogP contribution is -2.42. The first kappa shape index (κ1) is 18.1. The Morgan fingerprint density at radius 1 is 0.722 bits per heavy atom. The van der Waals surface area contributed by atoms with Crippen LogP contribution in [0, 0.1) is 0 Å². The number of hydrogen-bond donors (Lipinski definition) is 0. The summed E-state index contributed by atoms with van der Waals surface area (Å²) in [4.78, 5) is 0. The predicted molar refractivity (Wildman–Crippen MR) is 79.3 cm³/mol. The molecule has 0 aromatic heterocycles. The molecule has 0 amide bonds. The summed E-state index contributed by atoms with van der Waals surface area (Å²) in [7, 11) is -1.95. The van der Waals surface area contributed by atoms with Crippen LogP contribution in [0.1, 0.15) is 53.4 Å². The monoisotopic (exact) mass is 276 g/mol. The van der Waals surface area contributed by atoms with Gasteiger partial charge < -0.3 is 13.6 Å². The van der Waals surface area contributed by atoms with Crippen LogP contribution in [0.3, 0.4) is 0 Å². The van der Waals surface area contributed by atoms with Crippen molar-refractivity contribution in [1.82, 2.24) is 0 Å². The van der Waals surface area contributed by atoms with Crippen LogP contribution in [-0.2, 0) is 13.6 Å². The highest BCUT2D eigenvalue weighted by molar-refractivity contribution is 6.67. The van der Waals surface area contributed by atoms with Crippen molar-refractivity contribution in [3.8, 4) is 0 Å². The van der Waals surface area contributed by atoms with Crippen LogP contribution in [-0.4, -0.2) is 35.0 Å². The van der Waals surface area contributed by atoms with E-state index in [1.807, 2.05) is 0 Å². The zero-order valence-corrected chi connectivity index (χ0v) is 13.8. The predicted octanol–water partition coefficient (Wildman–Crippen LogP) is 4.12. The van der Waals surface area contributed by atoms with Gasteiger partial charge in [-0.05, 0) is 37.8 Å². The van der Waals surface area contributed by atoms with E-state index in [9.17, 15) is 0 Å². The highest BCUT2D eigenvalue weighted by atomic mass is 28.4. The number of hydrogen-bond acceptors (Lipinski definition) is 3. The Labute approximate surface area is 114 Å². The highest BCUT2D eigenvalue weighted by Gasteiger charge is 2.34. The molecule has 0 bridgehead atoms. The number of rotatable bonds is 13. The fraction of sp³-hybridized carbons (Fsp3) is 1.00. The Kier molecular flexibility index (Phi) is 12.2. The SMILES string of the molecule is CCCOCCC[Si](CC)(OCCC)OCCC. The zero-order chi connectivity index (χ0) is 13.7. The third kappa shape index (κ3) is 8.24. The second kappa shape index (κ2) is 12.1. The molecule has 0 saturated carbocycles. The normalized spacial score (nSPS) is 12.0. The lowest BCUT2D eigenvalue weighted by molar-refractivity contribution is 0.127. The summed E-state index contributed by atoms with van der Waals surface area (Å²) in [6.07, 6.45) is 4.29. The van der Waals surface area contributed by atoms with Gasteiger partial charge in [0.15, 0.2) is 0 Å². The molecule has 0 unspecified atom stereocenters. The van der Waals surface area contributed by atoms with E-state index in [4.69, 9.17) is 13.6 Å². The van der Waals surface area contributed by atoms with Crippen molar-refractivity contribution >= 4 is 8.56 Å². The Bertz CT molecular complexity index is 168. The molecule has 3 nitrogen and oxygen atoms in total. The minimum atomic E-state index is -1.95. The summed E-state index contributed by atoms with van der Waals surface area (Å²) in [6.45, 7) is 12.0. The van der Waals surface area contributed by atoms with Crippen LogP contribution in [0.2, 0.25) is 12.1 Å². The Morgan fingerprint density at radius 3 is 1.72 bits per heavy atom. The molecular weight excluding hydrogens is 244 g/mol. The molecule has 0 rings (SSSR count). The van der Waals surface area contributed by atoms with Gasteiger partial charge in [-0.2, -0.15) is 0 Å². The topological polar surface area (TPSA) is 27.7 Å². The van der Waals surface area contributed by atoms with Crippen molar-refractivity contribution in [2.24, 2.45) is 0 Å². The first-order valence-corrected chi connectivity index (χ1v) is 9.83. The minimum absolute atomic E-state index is 0.833. The van der Waals surface area contributed by atoms with Crippen molar-refractivity contribution in [2.45, 2.75) is 65.5 Å². The molecule has 0 spiro atoms. The van der Waals surface area contributed by atoms with E-state index < -0.39 is 8.56 Å². The minimum Gasteiger partial charge on any atom is -0.394 e. The molecule has 0 fully saturated rings. The van der Waals surface area contributed by atoms with Gasteiger partial charge in [-0.1, -0.05) is 27.7 Å². The third-order valence-corrected chi connectivity index (χ3v) is 6.53.